The van der Waals surface area contributed by atoms with E-state index < -0.39 is 5.91 Å². The highest BCUT2D eigenvalue weighted by atomic mass is 32.1. The molecule has 0 aromatic carbocycles. The van der Waals surface area contributed by atoms with E-state index in [4.69, 9.17) is 5.73 Å². The Bertz CT molecular complexity index is 839. The number of aryl methyl sites for hydroxylation is 1. The molecular weight excluding hydrogens is 386 g/mol. The maximum absolute atomic E-state index is 12.3. The molecule has 1 fully saturated rings. The van der Waals surface area contributed by atoms with Gasteiger partial charge in [0, 0.05) is 11.3 Å². The average molecular weight is 408 g/mol. The molecule has 3 rings (SSSR count). The molecule has 0 spiro atoms. The Morgan fingerprint density at radius 1 is 1.26 bits per heavy atom. The highest BCUT2D eigenvalue weighted by molar-refractivity contribution is 7.14. The molecule has 0 radical (unpaired) electrons. The van der Waals surface area contributed by atoms with Crippen LogP contribution in [0.4, 0.5) is 10.1 Å². The van der Waals surface area contributed by atoms with Gasteiger partial charge in [0.25, 0.3) is 5.91 Å². The van der Waals surface area contributed by atoms with Crippen LogP contribution in [0.3, 0.4) is 0 Å². The number of anilines is 2. The Morgan fingerprint density at radius 3 is 2.63 bits per heavy atom. The molecule has 0 saturated carbocycles. The summed E-state index contributed by atoms with van der Waals surface area (Å²) in [6.07, 6.45) is 1.38. The number of nitrogens with two attached hydrogens (primary N) is 1. The van der Waals surface area contributed by atoms with E-state index in [1.807, 2.05) is 17.2 Å². The molecule has 1 saturated heterocycles. The molecular formula is C17H21N5O3S2. The lowest BCUT2D eigenvalue weighted by Gasteiger charge is -2.30. The quantitative estimate of drug-likeness (QED) is 0.676. The van der Waals surface area contributed by atoms with Crippen molar-refractivity contribution in [1.29, 1.82) is 0 Å². The van der Waals surface area contributed by atoms with Gasteiger partial charge in [0.15, 0.2) is 5.13 Å². The third-order valence-electron chi connectivity index (χ3n) is 4.36. The van der Waals surface area contributed by atoms with E-state index in [9.17, 15) is 14.4 Å². The van der Waals surface area contributed by atoms with Crippen molar-refractivity contribution < 1.29 is 14.4 Å². The Kier molecular flexibility index (Phi) is 6.19. The number of primary amides is 1. The van der Waals surface area contributed by atoms with Crippen molar-refractivity contribution in [1.82, 2.24) is 9.88 Å². The molecule has 0 bridgehead atoms. The lowest BCUT2D eigenvalue weighted by atomic mass is 9.96. The maximum Gasteiger partial charge on any atom is 0.251 e. The maximum atomic E-state index is 12.3. The third kappa shape index (κ3) is 5.12. The predicted molar refractivity (Wildman–Crippen MR) is 106 cm³/mol. The molecule has 2 aromatic rings. The summed E-state index contributed by atoms with van der Waals surface area (Å²) in [6, 6.07) is 1.59. The average Bonchev–Trinajstić information content (AvgIpc) is 3.24. The first-order valence-electron chi connectivity index (χ1n) is 8.55. The zero-order valence-corrected chi connectivity index (χ0v) is 16.5. The number of hydrogen-bond donors (Lipinski definition) is 3. The summed E-state index contributed by atoms with van der Waals surface area (Å²) in [5, 5.41) is 10.3. The van der Waals surface area contributed by atoms with Crippen molar-refractivity contribution in [3.8, 4) is 0 Å². The standard InChI is InChI=1S/C17H21N5O3S2/c1-10-9-27-17(19-10)21-15(25)11-2-5-22(6-3-11)8-13(23)20-16-12(14(18)24)4-7-26-16/h4,7,9,11H,2-3,5-6,8H2,1H3,(H2,18,24)(H,20,23)(H,19,21,25). The van der Waals surface area contributed by atoms with Gasteiger partial charge in [-0.1, -0.05) is 0 Å². The molecule has 8 nitrogen and oxygen atoms in total. The van der Waals surface area contributed by atoms with Crippen LogP contribution in [0.5, 0.6) is 0 Å². The first-order chi connectivity index (χ1) is 12.9. The highest BCUT2D eigenvalue weighted by Crippen LogP contribution is 2.24. The minimum absolute atomic E-state index is 0.0156. The van der Waals surface area contributed by atoms with Crippen molar-refractivity contribution >= 4 is 50.5 Å². The summed E-state index contributed by atoms with van der Waals surface area (Å²) in [4.78, 5) is 42.1. The molecule has 1 aliphatic rings. The number of nitrogens with one attached hydrogen (secondary N) is 2. The molecule has 0 aliphatic carbocycles. The fourth-order valence-electron chi connectivity index (χ4n) is 2.94. The Labute approximate surface area is 164 Å². The number of carbonyl (C=O) groups excluding carboxylic acids is 3. The van der Waals surface area contributed by atoms with Gasteiger partial charge in [0.1, 0.15) is 5.00 Å². The number of aromatic nitrogens is 1. The van der Waals surface area contributed by atoms with Crippen molar-refractivity contribution in [3.05, 3.63) is 28.1 Å². The lowest BCUT2D eigenvalue weighted by molar-refractivity contribution is -0.121. The van der Waals surface area contributed by atoms with Crippen LogP contribution in [0.2, 0.25) is 0 Å². The van der Waals surface area contributed by atoms with Crippen LogP contribution >= 0.6 is 22.7 Å². The number of nitrogens with zero attached hydrogens (tertiary/aromatic N) is 2. The van der Waals surface area contributed by atoms with Crippen molar-refractivity contribution in [2.45, 2.75) is 19.8 Å². The van der Waals surface area contributed by atoms with Gasteiger partial charge >= 0.3 is 0 Å². The minimum atomic E-state index is -0.561. The van der Waals surface area contributed by atoms with Gasteiger partial charge < -0.3 is 16.4 Å². The van der Waals surface area contributed by atoms with Crippen LogP contribution in [0.25, 0.3) is 0 Å². The van der Waals surface area contributed by atoms with Crippen LogP contribution < -0.4 is 16.4 Å². The lowest BCUT2D eigenvalue weighted by Crippen LogP contribution is -2.41. The van der Waals surface area contributed by atoms with Gasteiger partial charge in [-0.15, -0.1) is 22.7 Å². The highest BCUT2D eigenvalue weighted by Gasteiger charge is 2.26. The van der Waals surface area contributed by atoms with Gasteiger partial charge in [0.2, 0.25) is 11.8 Å². The van der Waals surface area contributed by atoms with Crippen LogP contribution in [0, 0.1) is 12.8 Å². The van der Waals surface area contributed by atoms with Crippen LogP contribution in [0.1, 0.15) is 28.9 Å². The van der Waals surface area contributed by atoms with E-state index in [0.29, 0.717) is 41.6 Å². The van der Waals surface area contributed by atoms with Gasteiger partial charge in [0.05, 0.1) is 17.8 Å². The van der Waals surface area contributed by atoms with Gasteiger partial charge in [-0.05, 0) is 44.3 Å². The Balaban J connectivity index is 1.45. The number of carbonyl (C=O) groups is 3. The molecule has 4 N–H and O–H groups in total. The summed E-state index contributed by atoms with van der Waals surface area (Å²) < 4.78 is 0. The summed E-state index contributed by atoms with van der Waals surface area (Å²) in [6.45, 7) is 3.43. The van der Waals surface area contributed by atoms with Crippen molar-refractivity contribution in [3.63, 3.8) is 0 Å². The number of amides is 3. The van der Waals surface area contributed by atoms with E-state index in [1.54, 1.807) is 11.4 Å². The summed E-state index contributed by atoms with van der Waals surface area (Å²) in [7, 11) is 0. The van der Waals surface area contributed by atoms with E-state index >= 15 is 0 Å². The van der Waals surface area contributed by atoms with E-state index in [1.165, 1.54) is 22.7 Å². The number of rotatable bonds is 6. The number of piperidine rings is 1. The molecule has 0 atom stereocenters. The molecule has 3 amide bonds. The first-order valence-corrected chi connectivity index (χ1v) is 10.3. The van der Waals surface area contributed by atoms with Gasteiger partial charge in [-0.25, -0.2) is 4.98 Å². The fourth-order valence-corrected chi connectivity index (χ4v) is 4.44. The number of likely N-dealkylation sites (tertiary alicyclic amines) is 1. The first kappa shape index (κ1) is 19.5. The predicted octanol–water partition coefficient (Wildman–Crippen LogP) is 1.90. The van der Waals surface area contributed by atoms with Gasteiger partial charge in [-0.2, -0.15) is 0 Å². The zero-order valence-electron chi connectivity index (χ0n) is 14.9. The molecule has 144 valence electrons. The number of hydrogen-bond acceptors (Lipinski definition) is 7. The largest absolute Gasteiger partial charge is 0.366 e. The van der Waals surface area contributed by atoms with Crippen LogP contribution in [0.15, 0.2) is 16.8 Å². The van der Waals surface area contributed by atoms with Crippen molar-refractivity contribution in [2.75, 3.05) is 30.3 Å². The number of thiazole rings is 1. The van der Waals surface area contributed by atoms with Gasteiger partial charge in [-0.3, -0.25) is 19.3 Å². The SMILES string of the molecule is Cc1csc(NC(=O)C2CCN(CC(=O)Nc3sccc3C(N)=O)CC2)n1. The van der Waals surface area contributed by atoms with Crippen molar-refractivity contribution in [2.24, 2.45) is 11.7 Å². The molecule has 0 unspecified atom stereocenters. The second-order valence-corrected chi connectivity index (χ2v) is 8.18. The summed E-state index contributed by atoms with van der Waals surface area (Å²) in [5.41, 5.74) is 6.49. The summed E-state index contributed by atoms with van der Waals surface area (Å²) in [5.74, 6) is -0.847. The van der Waals surface area contributed by atoms with Crippen LogP contribution in [-0.4, -0.2) is 47.2 Å². The topological polar surface area (TPSA) is 117 Å². The monoisotopic (exact) mass is 407 g/mol. The second-order valence-electron chi connectivity index (χ2n) is 6.41. The van der Waals surface area contributed by atoms with E-state index in [-0.39, 0.29) is 24.3 Å². The third-order valence-corrected chi connectivity index (χ3v) is 6.06. The Hall–Kier alpha value is -2.30. The van der Waals surface area contributed by atoms with E-state index in [0.717, 1.165) is 5.69 Å². The minimum Gasteiger partial charge on any atom is -0.366 e. The van der Waals surface area contributed by atoms with E-state index in [2.05, 4.69) is 15.6 Å². The Morgan fingerprint density at radius 2 is 2.00 bits per heavy atom. The van der Waals surface area contributed by atoms with Crippen LogP contribution in [-0.2, 0) is 9.59 Å². The zero-order chi connectivity index (χ0) is 19.4. The second kappa shape index (κ2) is 8.59. The molecule has 27 heavy (non-hydrogen) atoms. The molecule has 3 heterocycles. The summed E-state index contributed by atoms with van der Waals surface area (Å²) >= 11 is 2.68. The molecule has 10 heteroatoms. The molecule has 1 aliphatic heterocycles. The normalized spacial score (nSPS) is 15.4. The smallest absolute Gasteiger partial charge is 0.251 e. The molecule has 2 aromatic heterocycles. The number of thiophene rings is 1. The fraction of sp³-hybridized carbons (Fsp3) is 0.412.